The van der Waals surface area contributed by atoms with Crippen LogP contribution in [0.25, 0.3) is 0 Å². The number of hydrogen-bond donors (Lipinski definition) is 2. The number of imide groups is 1. The second-order valence-corrected chi connectivity index (χ2v) is 4.50. The maximum atomic E-state index is 11.5. The molecule has 0 aliphatic heterocycles. The Bertz CT molecular complexity index is 596. The third-order valence-electron chi connectivity index (χ3n) is 2.56. The maximum absolute atomic E-state index is 11.5. The zero-order chi connectivity index (χ0) is 14.4. The summed E-state index contributed by atoms with van der Waals surface area (Å²) in [6.07, 6.45) is 1.99. The molecule has 0 bridgehead atoms. The van der Waals surface area contributed by atoms with Crippen LogP contribution in [-0.2, 0) is 6.42 Å². The number of carbonyl (C=O) groups excluding carboxylic acids is 2. The second-order valence-electron chi connectivity index (χ2n) is 4.07. The summed E-state index contributed by atoms with van der Waals surface area (Å²) in [7, 11) is 0. The Morgan fingerprint density at radius 1 is 1.20 bits per heavy atom. The molecule has 5 nitrogen and oxygen atoms in total. The minimum atomic E-state index is -0.574. The van der Waals surface area contributed by atoms with Gasteiger partial charge in [-0.2, -0.15) is 0 Å². The van der Waals surface area contributed by atoms with Crippen molar-refractivity contribution in [1.82, 2.24) is 10.6 Å². The highest BCUT2D eigenvalue weighted by atomic mass is 35.5. The molecular formula is C14H13ClN2O3. The van der Waals surface area contributed by atoms with E-state index < -0.39 is 11.9 Å². The predicted molar refractivity (Wildman–Crippen MR) is 74.7 cm³/mol. The van der Waals surface area contributed by atoms with Gasteiger partial charge in [0.15, 0.2) is 5.76 Å². The minimum Gasteiger partial charge on any atom is -0.459 e. The fourth-order valence-corrected chi connectivity index (χ4v) is 1.84. The number of hydrogen-bond acceptors (Lipinski definition) is 3. The summed E-state index contributed by atoms with van der Waals surface area (Å²) < 4.78 is 4.88. The van der Waals surface area contributed by atoms with Gasteiger partial charge < -0.3 is 9.73 Å². The van der Waals surface area contributed by atoms with Crippen LogP contribution in [0.5, 0.6) is 0 Å². The second kappa shape index (κ2) is 6.77. The Morgan fingerprint density at radius 3 is 2.75 bits per heavy atom. The Kier molecular flexibility index (Phi) is 4.79. The molecule has 0 atom stereocenters. The molecule has 0 aliphatic carbocycles. The van der Waals surface area contributed by atoms with E-state index in [0.29, 0.717) is 18.0 Å². The number of rotatable bonds is 4. The standard InChI is InChI=1S/C14H13ClN2O3/c15-11-4-1-3-10(9-11)6-7-16-14(19)17-13(18)12-5-2-8-20-12/h1-5,8-9H,6-7H2,(H2,16,17,18,19). The van der Waals surface area contributed by atoms with Crippen molar-refractivity contribution in [2.24, 2.45) is 0 Å². The van der Waals surface area contributed by atoms with Crippen LogP contribution in [0.15, 0.2) is 47.1 Å². The van der Waals surface area contributed by atoms with Crippen molar-refractivity contribution in [3.8, 4) is 0 Å². The van der Waals surface area contributed by atoms with Crippen molar-refractivity contribution in [2.45, 2.75) is 6.42 Å². The lowest BCUT2D eigenvalue weighted by molar-refractivity contribution is 0.0937. The maximum Gasteiger partial charge on any atom is 0.321 e. The molecule has 0 spiro atoms. The van der Waals surface area contributed by atoms with E-state index >= 15 is 0 Å². The minimum absolute atomic E-state index is 0.0926. The molecule has 0 aliphatic rings. The zero-order valence-electron chi connectivity index (χ0n) is 10.6. The molecule has 0 saturated carbocycles. The average molecular weight is 293 g/mol. The molecule has 104 valence electrons. The van der Waals surface area contributed by atoms with Crippen LogP contribution in [0.3, 0.4) is 0 Å². The topological polar surface area (TPSA) is 71.3 Å². The molecule has 1 heterocycles. The normalized spacial score (nSPS) is 10.1. The van der Waals surface area contributed by atoms with Gasteiger partial charge in [0.1, 0.15) is 0 Å². The summed E-state index contributed by atoms with van der Waals surface area (Å²) in [4.78, 5) is 23.0. The lowest BCUT2D eigenvalue weighted by Crippen LogP contribution is -2.40. The summed E-state index contributed by atoms with van der Waals surface area (Å²) >= 11 is 5.86. The van der Waals surface area contributed by atoms with Gasteiger partial charge in [-0.05, 0) is 36.2 Å². The summed E-state index contributed by atoms with van der Waals surface area (Å²) in [6.45, 7) is 0.400. The summed E-state index contributed by atoms with van der Waals surface area (Å²) in [5.74, 6) is -0.481. The van der Waals surface area contributed by atoms with Gasteiger partial charge >= 0.3 is 6.03 Å². The Hall–Kier alpha value is -2.27. The molecule has 1 aromatic heterocycles. The van der Waals surface area contributed by atoms with Crippen molar-refractivity contribution in [2.75, 3.05) is 6.54 Å². The fourth-order valence-electron chi connectivity index (χ4n) is 1.63. The molecule has 0 radical (unpaired) electrons. The molecule has 20 heavy (non-hydrogen) atoms. The van der Waals surface area contributed by atoms with Gasteiger partial charge in [0.2, 0.25) is 0 Å². The summed E-state index contributed by atoms with van der Waals surface area (Å²) in [5.41, 5.74) is 1.01. The van der Waals surface area contributed by atoms with Gasteiger partial charge in [-0.3, -0.25) is 10.1 Å². The highest BCUT2D eigenvalue weighted by molar-refractivity contribution is 6.30. The number of carbonyl (C=O) groups is 2. The number of benzene rings is 1. The molecule has 0 saturated heterocycles. The molecule has 2 aromatic rings. The van der Waals surface area contributed by atoms with Crippen molar-refractivity contribution >= 4 is 23.5 Å². The monoisotopic (exact) mass is 292 g/mol. The SMILES string of the molecule is O=C(NCCc1cccc(Cl)c1)NC(=O)c1ccco1. The van der Waals surface area contributed by atoms with E-state index in [9.17, 15) is 9.59 Å². The molecule has 0 fully saturated rings. The highest BCUT2D eigenvalue weighted by Crippen LogP contribution is 2.10. The van der Waals surface area contributed by atoms with Crippen LogP contribution in [0.1, 0.15) is 16.1 Å². The van der Waals surface area contributed by atoms with E-state index in [0.717, 1.165) is 5.56 Å². The first kappa shape index (κ1) is 14.1. The predicted octanol–water partition coefficient (Wildman–Crippen LogP) is 2.62. The van der Waals surface area contributed by atoms with Crippen LogP contribution < -0.4 is 10.6 Å². The molecule has 3 amide bonds. The number of urea groups is 1. The third-order valence-corrected chi connectivity index (χ3v) is 2.80. The first-order valence-electron chi connectivity index (χ1n) is 6.02. The summed E-state index contributed by atoms with van der Waals surface area (Å²) in [5, 5.41) is 5.41. The third kappa shape index (κ3) is 4.13. The summed E-state index contributed by atoms with van der Waals surface area (Å²) in [6, 6.07) is 9.87. The largest absolute Gasteiger partial charge is 0.459 e. The quantitative estimate of drug-likeness (QED) is 0.910. The lowest BCUT2D eigenvalue weighted by atomic mass is 10.1. The molecular weight excluding hydrogens is 280 g/mol. The van der Waals surface area contributed by atoms with Gasteiger partial charge in [0.25, 0.3) is 5.91 Å². The average Bonchev–Trinajstić information content (AvgIpc) is 2.92. The van der Waals surface area contributed by atoms with E-state index in [1.165, 1.54) is 12.3 Å². The van der Waals surface area contributed by atoms with Crippen LogP contribution in [0.2, 0.25) is 5.02 Å². The van der Waals surface area contributed by atoms with Crippen molar-refractivity contribution in [3.63, 3.8) is 0 Å². The highest BCUT2D eigenvalue weighted by Gasteiger charge is 2.11. The van der Waals surface area contributed by atoms with Crippen LogP contribution in [-0.4, -0.2) is 18.5 Å². The van der Waals surface area contributed by atoms with Crippen molar-refractivity contribution in [3.05, 3.63) is 59.0 Å². The van der Waals surface area contributed by atoms with Gasteiger partial charge in [-0.25, -0.2) is 4.79 Å². The van der Waals surface area contributed by atoms with Crippen molar-refractivity contribution < 1.29 is 14.0 Å². The number of furan rings is 1. The molecule has 6 heteroatoms. The Balaban J connectivity index is 1.74. The molecule has 0 unspecified atom stereocenters. The van der Waals surface area contributed by atoms with Gasteiger partial charge in [0, 0.05) is 11.6 Å². The number of amides is 3. The molecule has 1 aromatic carbocycles. The van der Waals surface area contributed by atoms with E-state index in [1.807, 2.05) is 18.2 Å². The Labute approximate surface area is 120 Å². The van der Waals surface area contributed by atoms with E-state index in [-0.39, 0.29) is 5.76 Å². The smallest absolute Gasteiger partial charge is 0.321 e. The molecule has 2 N–H and O–H groups in total. The first-order chi connectivity index (χ1) is 9.65. The van der Waals surface area contributed by atoms with Gasteiger partial charge in [-0.1, -0.05) is 23.7 Å². The van der Waals surface area contributed by atoms with Crippen LogP contribution in [0, 0.1) is 0 Å². The van der Waals surface area contributed by atoms with E-state index in [4.69, 9.17) is 16.0 Å². The van der Waals surface area contributed by atoms with Crippen molar-refractivity contribution in [1.29, 1.82) is 0 Å². The van der Waals surface area contributed by atoms with E-state index in [2.05, 4.69) is 10.6 Å². The number of halogens is 1. The van der Waals surface area contributed by atoms with E-state index in [1.54, 1.807) is 12.1 Å². The van der Waals surface area contributed by atoms with Crippen LogP contribution in [0.4, 0.5) is 4.79 Å². The number of nitrogens with one attached hydrogen (secondary N) is 2. The fraction of sp³-hybridized carbons (Fsp3) is 0.143. The molecule has 2 rings (SSSR count). The van der Waals surface area contributed by atoms with Gasteiger partial charge in [0.05, 0.1) is 6.26 Å². The zero-order valence-corrected chi connectivity index (χ0v) is 11.3. The lowest BCUT2D eigenvalue weighted by Gasteiger charge is -2.06. The Morgan fingerprint density at radius 2 is 2.05 bits per heavy atom. The van der Waals surface area contributed by atoms with Gasteiger partial charge in [-0.15, -0.1) is 0 Å². The first-order valence-corrected chi connectivity index (χ1v) is 6.40. The van der Waals surface area contributed by atoms with Crippen LogP contribution >= 0.6 is 11.6 Å².